The second-order valence-corrected chi connectivity index (χ2v) is 7.73. The molecule has 1 fully saturated rings. The molecule has 1 atom stereocenters. The number of anilines is 1. The Morgan fingerprint density at radius 1 is 0.968 bits per heavy atom. The third kappa shape index (κ3) is 3.67. The van der Waals surface area contributed by atoms with Gasteiger partial charge < -0.3 is 9.84 Å². The first-order valence-electron chi connectivity index (χ1n) is 9.38. The van der Waals surface area contributed by atoms with E-state index >= 15 is 0 Å². The molecule has 5 nitrogen and oxygen atoms in total. The summed E-state index contributed by atoms with van der Waals surface area (Å²) in [5, 5.41) is 11.7. The number of ether oxygens (including phenoxy) is 1. The highest BCUT2D eigenvalue weighted by molar-refractivity contribution is 6.51. The lowest BCUT2D eigenvalue weighted by molar-refractivity contribution is -0.132. The van der Waals surface area contributed by atoms with Crippen molar-refractivity contribution in [3.63, 3.8) is 0 Å². The number of aliphatic hydroxyl groups is 1. The van der Waals surface area contributed by atoms with Crippen molar-refractivity contribution in [2.45, 2.75) is 6.04 Å². The van der Waals surface area contributed by atoms with Crippen LogP contribution in [0.5, 0.6) is 5.75 Å². The molecule has 0 aromatic heterocycles. The second kappa shape index (κ2) is 8.46. The first-order chi connectivity index (χ1) is 14.9. The maximum absolute atomic E-state index is 13.1. The van der Waals surface area contributed by atoms with E-state index in [9.17, 15) is 14.7 Å². The summed E-state index contributed by atoms with van der Waals surface area (Å²) in [4.78, 5) is 27.6. The third-order valence-electron chi connectivity index (χ3n) is 5.06. The average Bonchev–Trinajstić information content (AvgIpc) is 3.04. The fraction of sp³-hybridized carbons (Fsp3) is 0.0833. The number of methoxy groups -OCH3 is 1. The molecule has 4 rings (SSSR count). The van der Waals surface area contributed by atoms with E-state index in [1.54, 1.807) is 48.5 Å². The number of carbonyl (C=O) groups excluding carboxylic acids is 2. The average molecular weight is 454 g/mol. The fourth-order valence-corrected chi connectivity index (χ4v) is 4.30. The Balaban J connectivity index is 2.00. The van der Waals surface area contributed by atoms with Gasteiger partial charge in [0, 0.05) is 10.7 Å². The Labute approximate surface area is 189 Å². The first-order valence-corrected chi connectivity index (χ1v) is 10.1. The van der Waals surface area contributed by atoms with Crippen LogP contribution in [-0.2, 0) is 9.59 Å². The number of rotatable bonds is 4. The largest absolute Gasteiger partial charge is 0.507 e. The minimum atomic E-state index is -0.842. The standard InChI is InChI=1S/C24H17Cl2NO4/c1-31-23-17(12-15(25)13-18(23)26)21(28)19-20(14-8-4-2-5-9-14)27(24(30)22(19)29)16-10-6-3-7-11-16/h2-13,20,28H,1H3/b21-19+. The monoisotopic (exact) mass is 453 g/mol. The zero-order valence-electron chi connectivity index (χ0n) is 16.4. The van der Waals surface area contributed by atoms with Gasteiger partial charge in [-0.2, -0.15) is 0 Å². The number of ketones is 1. The SMILES string of the molecule is COc1c(Cl)cc(Cl)cc1/C(O)=C1\C(=O)C(=O)N(c2ccccc2)C1c1ccccc1. The van der Waals surface area contributed by atoms with Crippen LogP contribution >= 0.6 is 23.2 Å². The number of carbonyl (C=O) groups is 2. The molecule has 156 valence electrons. The minimum absolute atomic E-state index is 0.0725. The van der Waals surface area contributed by atoms with Crippen LogP contribution in [0.2, 0.25) is 10.0 Å². The van der Waals surface area contributed by atoms with E-state index in [0.29, 0.717) is 11.3 Å². The summed E-state index contributed by atoms with van der Waals surface area (Å²) in [6.07, 6.45) is 0. The minimum Gasteiger partial charge on any atom is -0.507 e. The number of hydrogen-bond donors (Lipinski definition) is 1. The van der Waals surface area contributed by atoms with Crippen LogP contribution in [0.25, 0.3) is 5.76 Å². The van der Waals surface area contributed by atoms with Gasteiger partial charge in [-0.05, 0) is 29.8 Å². The van der Waals surface area contributed by atoms with Crippen molar-refractivity contribution in [2.24, 2.45) is 0 Å². The molecule has 0 radical (unpaired) electrons. The Kier molecular flexibility index (Phi) is 5.72. The lowest BCUT2D eigenvalue weighted by Crippen LogP contribution is -2.29. The Bertz CT molecular complexity index is 1190. The van der Waals surface area contributed by atoms with Gasteiger partial charge in [-0.25, -0.2) is 0 Å². The third-order valence-corrected chi connectivity index (χ3v) is 5.56. The normalized spacial score (nSPS) is 17.8. The first kappa shape index (κ1) is 21.0. The van der Waals surface area contributed by atoms with Gasteiger partial charge in [0.05, 0.1) is 29.3 Å². The topological polar surface area (TPSA) is 66.8 Å². The quantitative estimate of drug-likeness (QED) is 0.315. The molecule has 31 heavy (non-hydrogen) atoms. The molecule has 0 aliphatic carbocycles. The molecule has 1 aliphatic heterocycles. The summed E-state index contributed by atoms with van der Waals surface area (Å²) in [6.45, 7) is 0. The maximum Gasteiger partial charge on any atom is 0.300 e. The van der Waals surface area contributed by atoms with E-state index in [2.05, 4.69) is 0 Å². The van der Waals surface area contributed by atoms with Crippen LogP contribution in [0.4, 0.5) is 5.69 Å². The fourth-order valence-electron chi connectivity index (χ4n) is 3.73. The van der Waals surface area contributed by atoms with Crippen molar-refractivity contribution in [1.29, 1.82) is 0 Å². The van der Waals surface area contributed by atoms with Crippen LogP contribution in [0.1, 0.15) is 17.2 Å². The van der Waals surface area contributed by atoms with Gasteiger partial charge in [0.1, 0.15) is 11.5 Å². The summed E-state index contributed by atoms with van der Waals surface area (Å²) < 4.78 is 5.33. The lowest BCUT2D eigenvalue weighted by atomic mass is 9.95. The molecule has 1 unspecified atom stereocenters. The number of amides is 1. The molecule has 7 heteroatoms. The molecule has 0 bridgehead atoms. The van der Waals surface area contributed by atoms with Gasteiger partial charge >= 0.3 is 0 Å². The number of hydrogen-bond acceptors (Lipinski definition) is 4. The summed E-state index contributed by atoms with van der Waals surface area (Å²) in [7, 11) is 1.39. The smallest absolute Gasteiger partial charge is 0.300 e. The van der Waals surface area contributed by atoms with Gasteiger partial charge in [-0.1, -0.05) is 71.7 Å². The number of para-hydroxylation sites is 1. The lowest BCUT2D eigenvalue weighted by Gasteiger charge is -2.25. The summed E-state index contributed by atoms with van der Waals surface area (Å²) in [6, 6.07) is 19.9. The van der Waals surface area contributed by atoms with E-state index in [-0.39, 0.29) is 26.9 Å². The summed E-state index contributed by atoms with van der Waals surface area (Å²) in [5.41, 5.74) is 1.26. The van der Waals surface area contributed by atoms with E-state index < -0.39 is 23.5 Å². The van der Waals surface area contributed by atoms with Gasteiger partial charge in [0.25, 0.3) is 11.7 Å². The van der Waals surface area contributed by atoms with E-state index in [1.807, 2.05) is 12.1 Å². The summed E-state index contributed by atoms with van der Waals surface area (Å²) >= 11 is 12.4. The predicted octanol–water partition coefficient (Wildman–Crippen LogP) is 5.63. The van der Waals surface area contributed by atoms with Crippen LogP contribution in [0, 0.1) is 0 Å². The molecule has 0 spiro atoms. The second-order valence-electron chi connectivity index (χ2n) is 6.88. The van der Waals surface area contributed by atoms with Crippen molar-refractivity contribution in [3.8, 4) is 5.75 Å². The van der Waals surface area contributed by atoms with Crippen molar-refractivity contribution in [3.05, 3.63) is 99.5 Å². The van der Waals surface area contributed by atoms with E-state index in [0.717, 1.165) is 0 Å². The Morgan fingerprint density at radius 2 is 1.58 bits per heavy atom. The molecule has 3 aromatic carbocycles. The van der Waals surface area contributed by atoms with Crippen LogP contribution in [-0.4, -0.2) is 23.9 Å². The van der Waals surface area contributed by atoms with E-state index in [1.165, 1.54) is 24.1 Å². The van der Waals surface area contributed by atoms with Crippen molar-refractivity contribution in [1.82, 2.24) is 0 Å². The highest BCUT2D eigenvalue weighted by Gasteiger charge is 2.47. The van der Waals surface area contributed by atoms with Gasteiger partial charge in [-0.3, -0.25) is 14.5 Å². The highest BCUT2D eigenvalue weighted by Crippen LogP contribution is 2.44. The highest BCUT2D eigenvalue weighted by atomic mass is 35.5. The summed E-state index contributed by atoms with van der Waals surface area (Å²) in [5.74, 6) is -1.81. The Morgan fingerprint density at radius 3 is 2.19 bits per heavy atom. The number of nitrogens with zero attached hydrogens (tertiary/aromatic N) is 1. The predicted molar refractivity (Wildman–Crippen MR) is 121 cm³/mol. The zero-order chi connectivity index (χ0) is 22.1. The number of benzene rings is 3. The van der Waals surface area contributed by atoms with Gasteiger partial charge in [-0.15, -0.1) is 0 Å². The van der Waals surface area contributed by atoms with E-state index in [4.69, 9.17) is 27.9 Å². The molecule has 1 heterocycles. The van der Waals surface area contributed by atoms with Crippen LogP contribution < -0.4 is 9.64 Å². The molecular weight excluding hydrogens is 437 g/mol. The zero-order valence-corrected chi connectivity index (χ0v) is 17.9. The number of Topliss-reactive ketones (excluding diaryl/α,β-unsaturated/α-hetero) is 1. The maximum atomic E-state index is 13.1. The molecule has 0 saturated carbocycles. The van der Waals surface area contributed by atoms with Crippen molar-refractivity contribution in [2.75, 3.05) is 12.0 Å². The number of halogens is 2. The molecule has 1 amide bonds. The number of aliphatic hydroxyl groups excluding tert-OH is 1. The van der Waals surface area contributed by atoms with Crippen molar-refractivity contribution < 1.29 is 19.4 Å². The van der Waals surface area contributed by atoms with Gasteiger partial charge in [0.15, 0.2) is 0 Å². The van der Waals surface area contributed by atoms with Crippen LogP contribution in [0.15, 0.2) is 78.4 Å². The Hall–Kier alpha value is -3.28. The molecule has 1 aliphatic rings. The van der Waals surface area contributed by atoms with Crippen molar-refractivity contribution >= 4 is 46.3 Å². The van der Waals surface area contributed by atoms with Gasteiger partial charge in [0.2, 0.25) is 0 Å². The molecule has 1 saturated heterocycles. The molecule has 3 aromatic rings. The molecular formula is C24H17Cl2NO4. The molecule has 1 N–H and O–H groups in total. The van der Waals surface area contributed by atoms with Crippen LogP contribution in [0.3, 0.4) is 0 Å².